The first-order valence-corrected chi connectivity index (χ1v) is 8.94. The molecule has 23 heavy (non-hydrogen) atoms. The van der Waals surface area contributed by atoms with Gasteiger partial charge in [-0.3, -0.25) is 4.79 Å². The van der Waals surface area contributed by atoms with Gasteiger partial charge in [0.2, 0.25) is 0 Å². The van der Waals surface area contributed by atoms with E-state index in [-0.39, 0.29) is 11.7 Å². The lowest BCUT2D eigenvalue weighted by Crippen LogP contribution is -2.30. The minimum Gasteiger partial charge on any atom is -0.509 e. The van der Waals surface area contributed by atoms with Crippen LogP contribution in [0.15, 0.2) is 68.6 Å². The number of aliphatic hydroxyl groups excluding tert-OH is 1. The molecule has 0 bridgehead atoms. The van der Waals surface area contributed by atoms with E-state index in [0.29, 0.717) is 16.3 Å². The SMILES string of the molecule is O=C1N[C@H](Cc2ccccc2)C(O)=C1Sc1cc(Br)ccc1Cl. The standard InChI is InChI=1S/C17H13BrClNO2S/c18-11-6-7-12(19)14(9-11)23-16-15(21)13(20-17(16)22)8-10-4-2-1-3-5-10/h1-7,9,13,21H,8H2,(H,20,22)/t13-/m1/s1. The lowest BCUT2D eigenvalue weighted by atomic mass is 10.1. The van der Waals surface area contributed by atoms with Crippen LogP contribution in [0.3, 0.4) is 0 Å². The first-order chi connectivity index (χ1) is 11.0. The lowest BCUT2D eigenvalue weighted by Gasteiger charge is -2.10. The zero-order valence-electron chi connectivity index (χ0n) is 11.9. The number of amides is 1. The molecule has 0 saturated carbocycles. The molecule has 2 aromatic rings. The molecule has 1 aliphatic rings. The Morgan fingerprint density at radius 1 is 1.22 bits per heavy atom. The van der Waals surface area contributed by atoms with E-state index < -0.39 is 6.04 Å². The van der Waals surface area contributed by atoms with Gasteiger partial charge in [0.15, 0.2) is 0 Å². The molecule has 0 spiro atoms. The summed E-state index contributed by atoms with van der Waals surface area (Å²) < 4.78 is 0.865. The van der Waals surface area contributed by atoms with Gasteiger partial charge in [0.05, 0.1) is 11.1 Å². The van der Waals surface area contributed by atoms with Gasteiger partial charge in [-0.15, -0.1) is 0 Å². The Morgan fingerprint density at radius 3 is 2.70 bits per heavy atom. The molecule has 3 nitrogen and oxygen atoms in total. The number of benzene rings is 2. The molecular formula is C17H13BrClNO2S. The summed E-state index contributed by atoms with van der Waals surface area (Å²) >= 11 is 10.7. The normalized spacial score (nSPS) is 17.5. The van der Waals surface area contributed by atoms with Crippen LogP contribution in [0.1, 0.15) is 5.56 Å². The van der Waals surface area contributed by atoms with Gasteiger partial charge in [0, 0.05) is 9.37 Å². The Hall–Kier alpha value is -1.43. The quantitative estimate of drug-likeness (QED) is 0.768. The maximum absolute atomic E-state index is 12.2. The van der Waals surface area contributed by atoms with Gasteiger partial charge >= 0.3 is 0 Å². The van der Waals surface area contributed by atoms with Gasteiger partial charge in [-0.25, -0.2) is 0 Å². The average Bonchev–Trinajstić information content (AvgIpc) is 2.79. The Morgan fingerprint density at radius 2 is 1.96 bits per heavy atom. The first-order valence-electron chi connectivity index (χ1n) is 6.95. The van der Waals surface area contributed by atoms with Gasteiger partial charge in [0.1, 0.15) is 10.7 Å². The van der Waals surface area contributed by atoms with Gasteiger partial charge < -0.3 is 10.4 Å². The number of rotatable bonds is 4. The largest absolute Gasteiger partial charge is 0.509 e. The molecule has 1 amide bonds. The summed E-state index contributed by atoms with van der Waals surface area (Å²) in [6.07, 6.45) is 0.550. The van der Waals surface area contributed by atoms with E-state index >= 15 is 0 Å². The molecule has 0 unspecified atom stereocenters. The molecule has 6 heteroatoms. The van der Waals surface area contributed by atoms with Crippen molar-refractivity contribution in [1.82, 2.24) is 5.32 Å². The van der Waals surface area contributed by atoms with Crippen molar-refractivity contribution in [3.63, 3.8) is 0 Å². The fourth-order valence-electron chi connectivity index (χ4n) is 2.33. The molecule has 0 fully saturated rings. The predicted octanol–water partition coefficient (Wildman–Crippen LogP) is 4.71. The van der Waals surface area contributed by atoms with Crippen LogP contribution >= 0.6 is 39.3 Å². The minimum absolute atomic E-state index is 0.0693. The van der Waals surface area contributed by atoms with E-state index in [0.717, 1.165) is 14.9 Å². The highest BCUT2D eigenvalue weighted by atomic mass is 79.9. The fourth-order valence-corrected chi connectivity index (χ4v) is 4.04. The molecular weight excluding hydrogens is 398 g/mol. The van der Waals surface area contributed by atoms with Crippen LogP contribution in [0.2, 0.25) is 5.02 Å². The molecule has 3 rings (SSSR count). The summed E-state index contributed by atoms with van der Waals surface area (Å²) in [6, 6.07) is 14.7. The number of nitrogens with one attached hydrogen (secondary N) is 1. The number of halogens is 2. The van der Waals surface area contributed by atoms with Crippen molar-refractivity contribution in [2.45, 2.75) is 17.4 Å². The highest BCUT2D eigenvalue weighted by Gasteiger charge is 2.32. The number of aliphatic hydroxyl groups is 1. The number of thioether (sulfide) groups is 1. The summed E-state index contributed by atoms with van der Waals surface area (Å²) in [5.41, 5.74) is 1.05. The summed E-state index contributed by atoms with van der Waals surface area (Å²) in [5, 5.41) is 13.8. The maximum atomic E-state index is 12.2. The van der Waals surface area contributed by atoms with E-state index in [4.69, 9.17) is 11.6 Å². The third-order valence-corrected chi connectivity index (χ3v) is 5.55. The van der Waals surface area contributed by atoms with Crippen molar-refractivity contribution < 1.29 is 9.90 Å². The molecule has 118 valence electrons. The van der Waals surface area contributed by atoms with Crippen molar-refractivity contribution in [2.24, 2.45) is 0 Å². The summed E-state index contributed by atoms with van der Waals surface area (Å²) in [6.45, 7) is 0. The van der Waals surface area contributed by atoms with Crippen LogP contribution < -0.4 is 5.32 Å². The van der Waals surface area contributed by atoms with Gasteiger partial charge in [-0.05, 0) is 30.2 Å². The first kappa shape index (κ1) is 16.4. The van der Waals surface area contributed by atoms with Crippen LogP contribution in [-0.2, 0) is 11.2 Å². The Labute approximate surface area is 151 Å². The van der Waals surface area contributed by atoms with Crippen molar-refractivity contribution in [3.05, 3.63) is 74.3 Å². The van der Waals surface area contributed by atoms with Crippen molar-refractivity contribution in [1.29, 1.82) is 0 Å². The Kier molecular flexibility index (Phi) is 4.99. The van der Waals surface area contributed by atoms with Crippen molar-refractivity contribution in [2.75, 3.05) is 0 Å². The van der Waals surface area contributed by atoms with Crippen LogP contribution in [0.25, 0.3) is 0 Å². The molecule has 2 aromatic carbocycles. The molecule has 0 saturated heterocycles. The second-order valence-corrected chi connectivity index (χ2v) is 7.48. The van der Waals surface area contributed by atoms with Crippen LogP contribution in [0, 0.1) is 0 Å². The van der Waals surface area contributed by atoms with E-state index in [1.54, 1.807) is 6.07 Å². The molecule has 0 radical (unpaired) electrons. The smallest absolute Gasteiger partial charge is 0.262 e. The molecule has 1 heterocycles. The Balaban J connectivity index is 1.83. The molecule has 0 aromatic heterocycles. The molecule has 1 atom stereocenters. The second kappa shape index (κ2) is 6.99. The van der Waals surface area contributed by atoms with E-state index in [9.17, 15) is 9.90 Å². The van der Waals surface area contributed by atoms with Crippen LogP contribution in [-0.4, -0.2) is 17.1 Å². The predicted molar refractivity (Wildman–Crippen MR) is 96.7 cm³/mol. The molecule has 1 aliphatic heterocycles. The number of hydrogen-bond donors (Lipinski definition) is 2. The third kappa shape index (κ3) is 3.74. The zero-order chi connectivity index (χ0) is 16.4. The monoisotopic (exact) mass is 409 g/mol. The average molecular weight is 411 g/mol. The lowest BCUT2D eigenvalue weighted by molar-refractivity contribution is -0.116. The Bertz CT molecular complexity index is 779. The molecule has 0 aliphatic carbocycles. The fraction of sp³-hybridized carbons (Fsp3) is 0.118. The summed E-state index contributed by atoms with van der Waals surface area (Å²) in [7, 11) is 0. The highest BCUT2D eigenvalue weighted by Crippen LogP contribution is 2.38. The minimum atomic E-state index is -0.404. The van der Waals surface area contributed by atoms with E-state index in [1.807, 2.05) is 42.5 Å². The zero-order valence-corrected chi connectivity index (χ0v) is 15.1. The van der Waals surface area contributed by atoms with Crippen molar-refractivity contribution >= 4 is 45.2 Å². The highest BCUT2D eigenvalue weighted by molar-refractivity contribution is 9.10. The van der Waals surface area contributed by atoms with E-state index in [1.165, 1.54) is 11.8 Å². The maximum Gasteiger partial charge on any atom is 0.262 e. The van der Waals surface area contributed by atoms with E-state index in [2.05, 4.69) is 21.2 Å². The summed E-state index contributed by atoms with van der Waals surface area (Å²) in [4.78, 5) is 13.2. The van der Waals surface area contributed by atoms with Gasteiger partial charge in [0.25, 0.3) is 5.91 Å². The third-order valence-electron chi connectivity index (χ3n) is 3.46. The van der Waals surface area contributed by atoms with Gasteiger partial charge in [-0.1, -0.05) is 69.6 Å². The van der Waals surface area contributed by atoms with Gasteiger partial charge in [-0.2, -0.15) is 0 Å². The van der Waals surface area contributed by atoms with Crippen LogP contribution in [0.4, 0.5) is 0 Å². The molecule has 2 N–H and O–H groups in total. The number of carbonyl (C=O) groups excluding carboxylic acids is 1. The van der Waals surface area contributed by atoms with Crippen LogP contribution in [0.5, 0.6) is 0 Å². The topological polar surface area (TPSA) is 49.3 Å². The van der Waals surface area contributed by atoms with Crippen molar-refractivity contribution in [3.8, 4) is 0 Å². The second-order valence-electron chi connectivity index (χ2n) is 5.11. The summed E-state index contributed by atoms with van der Waals surface area (Å²) in [5.74, 6) is -0.204. The number of carbonyl (C=O) groups is 1. The number of hydrogen-bond acceptors (Lipinski definition) is 3.